The summed E-state index contributed by atoms with van der Waals surface area (Å²) in [6.07, 6.45) is 8.44. The number of nitrogens with one attached hydrogen (secondary N) is 1. The van der Waals surface area contributed by atoms with E-state index in [1.165, 1.54) is 64.5 Å². The number of rotatable bonds is 5. The largest absolute Gasteiger partial charge is 0.355 e. The molecule has 1 heterocycles. The maximum absolute atomic E-state index is 3.60. The zero-order chi connectivity index (χ0) is 15.6. The summed E-state index contributed by atoms with van der Waals surface area (Å²) in [4.78, 5) is 3.60. The molecule has 1 aromatic heterocycles. The Balaban J connectivity index is 1.60. The number of hydrogen-bond donors (Lipinski definition) is 1. The molecular weight excluding hydrogens is 278 g/mol. The first-order valence-electron chi connectivity index (χ1n) is 8.74. The van der Waals surface area contributed by atoms with Crippen molar-refractivity contribution in [1.82, 2.24) is 4.98 Å². The Hall–Kier alpha value is -2.28. The zero-order valence-corrected chi connectivity index (χ0v) is 13.7. The molecule has 0 saturated heterocycles. The van der Waals surface area contributed by atoms with Crippen LogP contribution in [-0.2, 0) is 12.8 Å². The van der Waals surface area contributed by atoms with Crippen molar-refractivity contribution in [3.05, 3.63) is 70.9 Å². The lowest BCUT2D eigenvalue weighted by atomic mass is 10.1. The molecule has 2 aromatic carbocycles. The monoisotopic (exact) mass is 301 g/mol. The second-order valence-electron chi connectivity index (χ2n) is 6.61. The van der Waals surface area contributed by atoms with E-state index in [1.807, 2.05) is 0 Å². The van der Waals surface area contributed by atoms with Gasteiger partial charge in [0.1, 0.15) is 0 Å². The van der Waals surface area contributed by atoms with Crippen molar-refractivity contribution in [1.29, 1.82) is 0 Å². The maximum Gasteiger partial charge on any atom is 0.0458 e. The normalized spacial score (nSPS) is 13.3. The molecule has 0 radical (unpaired) electrons. The molecule has 0 amide bonds. The van der Waals surface area contributed by atoms with Crippen LogP contribution in [0, 0.1) is 0 Å². The highest BCUT2D eigenvalue weighted by atomic mass is 14.7. The first-order chi connectivity index (χ1) is 11.3. The Bertz CT molecular complexity index is 867. The van der Waals surface area contributed by atoms with Gasteiger partial charge < -0.3 is 4.98 Å². The Morgan fingerprint density at radius 2 is 1.91 bits per heavy atom. The van der Waals surface area contributed by atoms with Crippen molar-refractivity contribution >= 4 is 22.6 Å². The van der Waals surface area contributed by atoms with Crippen molar-refractivity contribution < 1.29 is 0 Å². The zero-order valence-electron chi connectivity index (χ0n) is 13.7. The molecular formula is C22H23N. The molecule has 3 aromatic rings. The Morgan fingerprint density at radius 3 is 2.78 bits per heavy atom. The molecule has 0 aliphatic heterocycles. The lowest BCUT2D eigenvalue weighted by Gasteiger charge is -2.00. The van der Waals surface area contributed by atoms with Crippen LogP contribution in [0.1, 0.15) is 48.6 Å². The average Bonchev–Trinajstić information content (AvgIpc) is 3.18. The van der Waals surface area contributed by atoms with E-state index in [2.05, 4.69) is 66.5 Å². The van der Waals surface area contributed by atoms with Crippen LogP contribution in [0.4, 0.5) is 0 Å². The minimum absolute atomic E-state index is 1.03. The third kappa shape index (κ3) is 2.84. The van der Waals surface area contributed by atoms with E-state index in [4.69, 9.17) is 0 Å². The van der Waals surface area contributed by atoms with Crippen molar-refractivity contribution in [3.8, 4) is 0 Å². The summed E-state index contributed by atoms with van der Waals surface area (Å²) < 4.78 is 0. The molecule has 4 rings (SSSR count). The van der Waals surface area contributed by atoms with Gasteiger partial charge in [-0.1, -0.05) is 50.1 Å². The van der Waals surface area contributed by atoms with Gasteiger partial charge in [0.2, 0.25) is 0 Å². The van der Waals surface area contributed by atoms with E-state index in [0.29, 0.717) is 0 Å². The molecule has 1 N–H and O–H groups in total. The van der Waals surface area contributed by atoms with Crippen LogP contribution >= 0.6 is 0 Å². The summed E-state index contributed by atoms with van der Waals surface area (Å²) in [7, 11) is 0. The first-order valence-corrected chi connectivity index (χ1v) is 8.74. The van der Waals surface area contributed by atoms with Gasteiger partial charge in [0.05, 0.1) is 0 Å². The van der Waals surface area contributed by atoms with Gasteiger partial charge in [0.15, 0.2) is 0 Å². The standard InChI is InChI=1S/C22H23N/c1-2-3-4-7-16-10-11-21-19(12-16)15-22(23-21)20-13-17-8-5-6-9-18(17)14-20/h5-6,8-13,15,23H,2-4,7,14H2,1H3. The number of aromatic nitrogens is 1. The van der Waals surface area contributed by atoms with Crippen LogP contribution in [0.3, 0.4) is 0 Å². The van der Waals surface area contributed by atoms with Crippen LogP contribution in [0.25, 0.3) is 22.6 Å². The van der Waals surface area contributed by atoms with Gasteiger partial charge in [-0.2, -0.15) is 0 Å². The maximum atomic E-state index is 3.60. The molecule has 1 aliphatic carbocycles. The van der Waals surface area contributed by atoms with Gasteiger partial charge in [-0.05, 0) is 59.4 Å². The molecule has 0 atom stereocenters. The fraction of sp³-hybridized carbons (Fsp3) is 0.273. The van der Waals surface area contributed by atoms with E-state index in [0.717, 1.165) is 6.42 Å². The summed E-state index contributed by atoms with van der Waals surface area (Å²) >= 11 is 0. The van der Waals surface area contributed by atoms with Gasteiger partial charge in [0, 0.05) is 23.0 Å². The Labute approximate surface area is 138 Å². The Morgan fingerprint density at radius 1 is 1.00 bits per heavy atom. The molecule has 116 valence electrons. The van der Waals surface area contributed by atoms with E-state index in [9.17, 15) is 0 Å². The highest BCUT2D eigenvalue weighted by molar-refractivity contribution is 5.92. The molecule has 1 aliphatic rings. The topological polar surface area (TPSA) is 15.8 Å². The number of hydrogen-bond acceptors (Lipinski definition) is 0. The smallest absolute Gasteiger partial charge is 0.0458 e. The van der Waals surface area contributed by atoms with Crippen LogP contribution in [0.15, 0.2) is 48.5 Å². The second-order valence-corrected chi connectivity index (χ2v) is 6.61. The minimum atomic E-state index is 1.03. The molecule has 0 bridgehead atoms. The van der Waals surface area contributed by atoms with E-state index in [-0.39, 0.29) is 0 Å². The fourth-order valence-corrected chi connectivity index (χ4v) is 3.54. The number of unbranched alkanes of at least 4 members (excludes halogenated alkanes) is 2. The molecule has 0 fully saturated rings. The van der Waals surface area contributed by atoms with Crippen molar-refractivity contribution in [2.75, 3.05) is 0 Å². The van der Waals surface area contributed by atoms with Gasteiger partial charge in [-0.3, -0.25) is 0 Å². The average molecular weight is 301 g/mol. The molecule has 23 heavy (non-hydrogen) atoms. The summed E-state index contributed by atoms with van der Waals surface area (Å²) in [6, 6.07) is 17.9. The molecule has 1 heteroatoms. The first kappa shape index (κ1) is 14.3. The van der Waals surface area contributed by atoms with E-state index < -0.39 is 0 Å². The lowest BCUT2D eigenvalue weighted by Crippen LogP contribution is -1.85. The highest BCUT2D eigenvalue weighted by Crippen LogP contribution is 2.32. The van der Waals surface area contributed by atoms with E-state index in [1.54, 1.807) is 0 Å². The molecule has 0 spiro atoms. The number of benzene rings is 2. The van der Waals surface area contributed by atoms with Gasteiger partial charge in [-0.15, -0.1) is 0 Å². The quantitative estimate of drug-likeness (QED) is 0.556. The van der Waals surface area contributed by atoms with Gasteiger partial charge in [0.25, 0.3) is 0 Å². The fourth-order valence-electron chi connectivity index (χ4n) is 3.54. The number of H-pyrrole nitrogens is 1. The number of aromatic amines is 1. The predicted molar refractivity (Wildman–Crippen MR) is 99.5 cm³/mol. The molecule has 0 saturated carbocycles. The van der Waals surface area contributed by atoms with Crippen LogP contribution in [-0.4, -0.2) is 4.98 Å². The van der Waals surface area contributed by atoms with Gasteiger partial charge >= 0.3 is 0 Å². The van der Waals surface area contributed by atoms with E-state index >= 15 is 0 Å². The summed E-state index contributed by atoms with van der Waals surface area (Å²) in [5, 5.41) is 1.34. The predicted octanol–water partition coefficient (Wildman–Crippen LogP) is 6.00. The van der Waals surface area contributed by atoms with Crippen LogP contribution in [0.2, 0.25) is 0 Å². The van der Waals surface area contributed by atoms with Gasteiger partial charge in [-0.25, -0.2) is 0 Å². The third-order valence-electron chi connectivity index (χ3n) is 4.87. The van der Waals surface area contributed by atoms with Crippen molar-refractivity contribution in [3.63, 3.8) is 0 Å². The number of allylic oxidation sites excluding steroid dienone is 1. The summed E-state index contributed by atoms with van der Waals surface area (Å²) in [6.45, 7) is 2.26. The SMILES string of the molecule is CCCCCc1ccc2[nH]c(C3=Cc4ccccc4C3)cc2c1. The number of aryl methyl sites for hydroxylation is 1. The number of fused-ring (bicyclic) bond motifs is 2. The molecule has 0 unspecified atom stereocenters. The van der Waals surface area contributed by atoms with Crippen LogP contribution in [0.5, 0.6) is 0 Å². The minimum Gasteiger partial charge on any atom is -0.355 e. The van der Waals surface area contributed by atoms with Crippen LogP contribution < -0.4 is 0 Å². The van der Waals surface area contributed by atoms with Crippen molar-refractivity contribution in [2.45, 2.75) is 39.0 Å². The summed E-state index contributed by atoms with van der Waals surface area (Å²) in [5.41, 5.74) is 8.16. The van der Waals surface area contributed by atoms with Crippen molar-refractivity contribution in [2.24, 2.45) is 0 Å². The molecule has 1 nitrogen and oxygen atoms in total. The third-order valence-corrected chi connectivity index (χ3v) is 4.87. The highest BCUT2D eigenvalue weighted by Gasteiger charge is 2.15. The Kier molecular flexibility index (Phi) is 3.78. The second kappa shape index (κ2) is 6.08. The summed E-state index contributed by atoms with van der Waals surface area (Å²) in [5.74, 6) is 0. The lowest BCUT2D eigenvalue weighted by molar-refractivity contribution is 0.718.